The van der Waals surface area contributed by atoms with Gasteiger partial charge in [-0.25, -0.2) is 0 Å². The minimum absolute atomic E-state index is 0.0452. The van der Waals surface area contributed by atoms with Gasteiger partial charge < -0.3 is 5.32 Å². The molecule has 0 aliphatic heterocycles. The highest BCUT2D eigenvalue weighted by Gasteiger charge is 2.05. The molecule has 0 spiro atoms. The number of nitrogens with one attached hydrogen (secondary N) is 1. The maximum absolute atomic E-state index is 11.9. The van der Waals surface area contributed by atoms with E-state index in [1.165, 1.54) is 11.1 Å². The minimum atomic E-state index is 0.0452. The zero-order chi connectivity index (χ0) is 13.7. The molecule has 0 bridgehead atoms. The van der Waals surface area contributed by atoms with Crippen LogP contribution >= 0.6 is 0 Å². The monoisotopic (exact) mass is 254 g/mol. The molecule has 1 heterocycles. The number of amides is 1. The first-order chi connectivity index (χ1) is 9.15. The van der Waals surface area contributed by atoms with Crippen molar-refractivity contribution in [3.63, 3.8) is 0 Å². The molecule has 0 radical (unpaired) electrons. The molecule has 1 aromatic carbocycles. The maximum Gasteiger partial charge on any atom is 0.224 e. The molecule has 98 valence electrons. The quantitative estimate of drug-likeness (QED) is 0.911. The van der Waals surface area contributed by atoms with Gasteiger partial charge in [-0.1, -0.05) is 23.8 Å². The lowest BCUT2D eigenvalue weighted by molar-refractivity contribution is -0.120. The number of carbonyl (C=O) groups is 1. The lowest BCUT2D eigenvalue weighted by Gasteiger charge is -2.08. The summed E-state index contributed by atoms with van der Waals surface area (Å²) in [5.74, 6) is 0.0452. The normalized spacial score (nSPS) is 10.2. The number of aryl methyl sites for hydroxylation is 2. The summed E-state index contributed by atoms with van der Waals surface area (Å²) >= 11 is 0. The lowest BCUT2D eigenvalue weighted by atomic mass is 10.0. The average Bonchev–Trinajstić information content (AvgIpc) is 2.41. The number of aromatic nitrogens is 1. The van der Waals surface area contributed by atoms with Crippen LogP contribution in [0.4, 0.5) is 0 Å². The third kappa shape index (κ3) is 3.91. The van der Waals surface area contributed by atoms with E-state index < -0.39 is 0 Å². The molecular formula is C16H18N2O. The van der Waals surface area contributed by atoms with Gasteiger partial charge >= 0.3 is 0 Å². The number of carbonyl (C=O) groups excluding carboxylic acids is 1. The van der Waals surface area contributed by atoms with E-state index in [1.807, 2.05) is 31.2 Å². The smallest absolute Gasteiger partial charge is 0.224 e. The van der Waals surface area contributed by atoms with E-state index in [2.05, 4.69) is 23.3 Å². The Morgan fingerprint density at radius 1 is 1.16 bits per heavy atom. The van der Waals surface area contributed by atoms with Gasteiger partial charge in [0, 0.05) is 18.9 Å². The summed E-state index contributed by atoms with van der Waals surface area (Å²) in [5, 5.41) is 2.92. The number of nitrogens with zero attached hydrogens (tertiary/aromatic N) is 1. The second-order valence-corrected chi connectivity index (χ2v) is 4.74. The number of hydrogen-bond donors (Lipinski definition) is 1. The second-order valence-electron chi connectivity index (χ2n) is 4.74. The van der Waals surface area contributed by atoms with Crippen molar-refractivity contribution in [2.45, 2.75) is 26.8 Å². The summed E-state index contributed by atoms with van der Waals surface area (Å²) in [7, 11) is 0. The summed E-state index contributed by atoms with van der Waals surface area (Å²) in [5.41, 5.74) is 4.53. The average molecular weight is 254 g/mol. The van der Waals surface area contributed by atoms with Crippen molar-refractivity contribution in [2.75, 3.05) is 0 Å². The van der Waals surface area contributed by atoms with Gasteiger partial charge in [0.2, 0.25) is 5.91 Å². The van der Waals surface area contributed by atoms with Gasteiger partial charge in [0.25, 0.3) is 0 Å². The van der Waals surface area contributed by atoms with Crippen molar-refractivity contribution < 1.29 is 4.79 Å². The van der Waals surface area contributed by atoms with E-state index in [-0.39, 0.29) is 5.91 Å². The Morgan fingerprint density at radius 3 is 2.58 bits per heavy atom. The maximum atomic E-state index is 11.9. The number of hydrogen-bond acceptors (Lipinski definition) is 2. The molecule has 19 heavy (non-hydrogen) atoms. The van der Waals surface area contributed by atoms with Gasteiger partial charge in [-0.05, 0) is 42.7 Å². The van der Waals surface area contributed by atoms with Crippen LogP contribution in [0.25, 0.3) is 0 Å². The summed E-state index contributed by atoms with van der Waals surface area (Å²) in [6.07, 6.45) is 3.88. The molecule has 1 N–H and O–H groups in total. The third-order valence-corrected chi connectivity index (χ3v) is 3.09. The van der Waals surface area contributed by atoms with Crippen LogP contribution in [-0.4, -0.2) is 10.9 Å². The first-order valence-corrected chi connectivity index (χ1v) is 6.37. The SMILES string of the molecule is Cc1ccc(CC(=O)NCc2ccncc2)c(C)c1. The summed E-state index contributed by atoms with van der Waals surface area (Å²) in [6, 6.07) is 9.97. The van der Waals surface area contributed by atoms with Crippen LogP contribution in [-0.2, 0) is 17.8 Å². The molecule has 1 aromatic heterocycles. The van der Waals surface area contributed by atoms with E-state index in [0.717, 1.165) is 11.1 Å². The lowest BCUT2D eigenvalue weighted by Crippen LogP contribution is -2.24. The van der Waals surface area contributed by atoms with Gasteiger partial charge in [-0.2, -0.15) is 0 Å². The molecule has 2 aromatic rings. The Bertz CT molecular complexity index is 564. The van der Waals surface area contributed by atoms with Crippen LogP contribution in [0.3, 0.4) is 0 Å². The van der Waals surface area contributed by atoms with Gasteiger partial charge in [0.05, 0.1) is 6.42 Å². The molecule has 0 aliphatic rings. The molecule has 3 nitrogen and oxygen atoms in total. The van der Waals surface area contributed by atoms with E-state index in [4.69, 9.17) is 0 Å². The van der Waals surface area contributed by atoms with Crippen molar-refractivity contribution in [1.82, 2.24) is 10.3 Å². The van der Waals surface area contributed by atoms with Gasteiger partial charge in [0.15, 0.2) is 0 Å². The summed E-state index contributed by atoms with van der Waals surface area (Å²) in [4.78, 5) is 15.8. The predicted molar refractivity (Wildman–Crippen MR) is 75.7 cm³/mol. The van der Waals surface area contributed by atoms with Crippen LogP contribution in [0.2, 0.25) is 0 Å². The first-order valence-electron chi connectivity index (χ1n) is 6.37. The summed E-state index contributed by atoms with van der Waals surface area (Å²) in [6.45, 7) is 4.64. The second kappa shape index (κ2) is 6.14. The van der Waals surface area contributed by atoms with Crippen LogP contribution in [0.5, 0.6) is 0 Å². The third-order valence-electron chi connectivity index (χ3n) is 3.09. The van der Waals surface area contributed by atoms with Gasteiger partial charge in [-0.3, -0.25) is 9.78 Å². The molecule has 0 saturated carbocycles. The molecule has 1 amide bonds. The van der Waals surface area contributed by atoms with Crippen molar-refractivity contribution in [2.24, 2.45) is 0 Å². The molecule has 0 fully saturated rings. The molecule has 0 atom stereocenters. The molecule has 0 aliphatic carbocycles. The zero-order valence-electron chi connectivity index (χ0n) is 11.3. The standard InChI is InChI=1S/C16H18N2O/c1-12-3-4-15(13(2)9-12)10-16(19)18-11-14-5-7-17-8-6-14/h3-9H,10-11H2,1-2H3,(H,18,19). The molecular weight excluding hydrogens is 236 g/mol. The Hall–Kier alpha value is -2.16. The van der Waals surface area contributed by atoms with E-state index in [1.54, 1.807) is 12.4 Å². The highest BCUT2D eigenvalue weighted by atomic mass is 16.1. The Labute approximate surface area is 113 Å². The van der Waals surface area contributed by atoms with Crippen LogP contribution in [0, 0.1) is 13.8 Å². The van der Waals surface area contributed by atoms with Crippen LogP contribution in [0.1, 0.15) is 22.3 Å². The van der Waals surface area contributed by atoms with Gasteiger partial charge in [-0.15, -0.1) is 0 Å². The first kappa shape index (κ1) is 13.3. The number of pyridine rings is 1. The van der Waals surface area contributed by atoms with E-state index in [0.29, 0.717) is 13.0 Å². The minimum Gasteiger partial charge on any atom is -0.352 e. The highest BCUT2D eigenvalue weighted by Crippen LogP contribution is 2.11. The fourth-order valence-electron chi connectivity index (χ4n) is 1.98. The molecule has 0 saturated heterocycles. The summed E-state index contributed by atoms with van der Waals surface area (Å²) < 4.78 is 0. The fraction of sp³-hybridized carbons (Fsp3) is 0.250. The van der Waals surface area contributed by atoms with Crippen molar-refractivity contribution in [3.8, 4) is 0 Å². The van der Waals surface area contributed by atoms with Gasteiger partial charge in [0.1, 0.15) is 0 Å². The number of benzene rings is 1. The Morgan fingerprint density at radius 2 is 1.89 bits per heavy atom. The molecule has 2 rings (SSSR count). The van der Waals surface area contributed by atoms with Crippen LogP contribution in [0.15, 0.2) is 42.7 Å². The van der Waals surface area contributed by atoms with E-state index >= 15 is 0 Å². The van der Waals surface area contributed by atoms with Crippen molar-refractivity contribution in [1.29, 1.82) is 0 Å². The van der Waals surface area contributed by atoms with Crippen LogP contribution < -0.4 is 5.32 Å². The Kier molecular flexibility index (Phi) is 4.29. The topological polar surface area (TPSA) is 42.0 Å². The highest BCUT2D eigenvalue weighted by molar-refractivity contribution is 5.78. The number of rotatable bonds is 4. The zero-order valence-corrected chi connectivity index (χ0v) is 11.3. The van der Waals surface area contributed by atoms with Crippen molar-refractivity contribution >= 4 is 5.91 Å². The Balaban J connectivity index is 1.91. The predicted octanol–water partition coefficient (Wildman–Crippen LogP) is 2.56. The molecule has 3 heteroatoms. The van der Waals surface area contributed by atoms with E-state index in [9.17, 15) is 4.79 Å². The van der Waals surface area contributed by atoms with Crippen molar-refractivity contribution in [3.05, 3.63) is 65.0 Å². The molecule has 0 unspecified atom stereocenters. The largest absolute Gasteiger partial charge is 0.352 e. The fourth-order valence-corrected chi connectivity index (χ4v) is 1.98.